The molecule has 1 atom stereocenters. The first kappa shape index (κ1) is 30.8. The van der Waals surface area contributed by atoms with Gasteiger partial charge < -0.3 is 13.7 Å². The highest BCUT2D eigenvalue weighted by molar-refractivity contribution is 6.17. The SMILES string of the molecule is c1ccc(-c2c3c(cc4oc5ccccc5c24)CCC(c2ccc(N(c4ccccc4)c4ccc5c(c4)oc4ccccc45)cc2)c2ccccc2-3)cc1. The van der Waals surface area contributed by atoms with Crippen LogP contribution >= 0.6 is 0 Å². The third-order valence-electron chi connectivity index (χ3n) is 11.3. The molecule has 54 heavy (non-hydrogen) atoms. The molecule has 0 amide bonds. The summed E-state index contributed by atoms with van der Waals surface area (Å²) in [6.45, 7) is 0. The molecule has 11 rings (SSSR count). The summed E-state index contributed by atoms with van der Waals surface area (Å²) in [5.74, 6) is 0.228. The Morgan fingerprint density at radius 3 is 1.87 bits per heavy atom. The molecule has 2 heterocycles. The molecule has 1 aliphatic rings. The first-order valence-corrected chi connectivity index (χ1v) is 18.8. The van der Waals surface area contributed by atoms with E-state index in [0.717, 1.165) is 68.4 Å². The van der Waals surface area contributed by atoms with Crippen molar-refractivity contribution in [2.75, 3.05) is 4.90 Å². The van der Waals surface area contributed by atoms with Crippen LogP contribution in [0.15, 0.2) is 191 Å². The number of aryl methyl sites for hydroxylation is 1. The van der Waals surface area contributed by atoms with E-state index in [1.165, 1.54) is 44.3 Å². The lowest BCUT2D eigenvalue weighted by Crippen LogP contribution is -2.10. The highest BCUT2D eigenvalue weighted by Gasteiger charge is 2.29. The summed E-state index contributed by atoms with van der Waals surface area (Å²) in [5, 5.41) is 4.61. The van der Waals surface area contributed by atoms with Crippen molar-refractivity contribution in [1.29, 1.82) is 0 Å². The Labute approximate surface area is 313 Å². The zero-order valence-electron chi connectivity index (χ0n) is 29.6. The number of fused-ring (bicyclic) bond motifs is 9. The van der Waals surface area contributed by atoms with Gasteiger partial charge in [-0.25, -0.2) is 0 Å². The molecule has 0 radical (unpaired) electrons. The molecule has 1 aliphatic carbocycles. The lowest BCUT2D eigenvalue weighted by atomic mass is 9.83. The van der Waals surface area contributed by atoms with E-state index in [0.29, 0.717) is 0 Å². The summed E-state index contributed by atoms with van der Waals surface area (Å²) in [6, 6.07) is 65.3. The van der Waals surface area contributed by atoms with Crippen LogP contribution < -0.4 is 4.90 Å². The lowest BCUT2D eigenvalue weighted by molar-refractivity contribution is 0.667. The molecule has 0 fully saturated rings. The summed E-state index contributed by atoms with van der Waals surface area (Å²) in [5.41, 5.74) is 16.0. The standard InChI is InChI=1S/C51H35NO2/c1-3-13-34(14-4-1)50-49-35(31-48-51(50)44-20-10-12-22-46(44)54-48)25-29-39(40-17-7-8-19-43(40)49)33-23-26-37(27-24-33)52(36-15-5-2-6-16-36)38-28-30-42-41-18-9-11-21-45(41)53-47(42)32-38/h1-24,26-28,30-32,39H,25,29H2. The summed E-state index contributed by atoms with van der Waals surface area (Å²) < 4.78 is 12.9. The number of hydrogen-bond acceptors (Lipinski definition) is 3. The Balaban J connectivity index is 1.04. The third kappa shape index (κ3) is 4.89. The molecule has 3 nitrogen and oxygen atoms in total. The van der Waals surface area contributed by atoms with Crippen molar-refractivity contribution in [2.24, 2.45) is 0 Å². The van der Waals surface area contributed by atoms with E-state index in [4.69, 9.17) is 8.83 Å². The second-order valence-electron chi connectivity index (χ2n) is 14.3. The summed E-state index contributed by atoms with van der Waals surface area (Å²) in [7, 11) is 0. The average molecular weight is 694 g/mol. The number of hydrogen-bond donors (Lipinski definition) is 0. The van der Waals surface area contributed by atoms with Crippen molar-refractivity contribution in [2.45, 2.75) is 18.8 Å². The van der Waals surface area contributed by atoms with Crippen LogP contribution in [0.4, 0.5) is 17.1 Å². The number of para-hydroxylation sites is 3. The van der Waals surface area contributed by atoms with Crippen molar-refractivity contribution >= 4 is 60.9 Å². The molecule has 1 unspecified atom stereocenters. The van der Waals surface area contributed by atoms with Gasteiger partial charge in [0.25, 0.3) is 0 Å². The van der Waals surface area contributed by atoms with E-state index in [1.807, 2.05) is 12.1 Å². The van der Waals surface area contributed by atoms with Crippen LogP contribution in [0.5, 0.6) is 0 Å². The van der Waals surface area contributed by atoms with Crippen LogP contribution in [0.25, 0.3) is 66.1 Å². The van der Waals surface area contributed by atoms with Gasteiger partial charge in [0.1, 0.15) is 22.3 Å². The van der Waals surface area contributed by atoms with Gasteiger partial charge in [-0.05, 0) is 101 Å². The van der Waals surface area contributed by atoms with E-state index >= 15 is 0 Å². The number of benzene rings is 8. The molecule has 0 saturated carbocycles. The van der Waals surface area contributed by atoms with Crippen molar-refractivity contribution in [3.63, 3.8) is 0 Å². The van der Waals surface area contributed by atoms with Gasteiger partial charge >= 0.3 is 0 Å². The molecule has 0 bridgehead atoms. The summed E-state index contributed by atoms with van der Waals surface area (Å²) in [6.07, 6.45) is 1.94. The van der Waals surface area contributed by atoms with E-state index in [9.17, 15) is 0 Å². The lowest BCUT2D eigenvalue weighted by Gasteiger charge is -2.26. The Bertz CT molecular complexity index is 2990. The van der Waals surface area contributed by atoms with E-state index in [2.05, 4.69) is 175 Å². The fraction of sp³-hybridized carbons (Fsp3) is 0.0588. The first-order chi connectivity index (χ1) is 26.8. The maximum Gasteiger partial charge on any atom is 0.137 e. The van der Waals surface area contributed by atoms with Crippen LogP contribution in [0, 0.1) is 0 Å². The fourth-order valence-electron chi connectivity index (χ4n) is 8.90. The molecule has 2 aromatic heterocycles. The van der Waals surface area contributed by atoms with Crippen molar-refractivity contribution < 1.29 is 8.83 Å². The van der Waals surface area contributed by atoms with E-state index < -0.39 is 0 Å². The minimum Gasteiger partial charge on any atom is -0.456 e. The topological polar surface area (TPSA) is 29.5 Å². The molecular weight excluding hydrogens is 659 g/mol. The van der Waals surface area contributed by atoms with E-state index in [1.54, 1.807) is 0 Å². The smallest absolute Gasteiger partial charge is 0.137 e. The summed E-state index contributed by atoms with van der Waals surface area (Å²) in [4.78, 5) is 2.32. The van der Waals surface area contributed by atoms with Gasteiger partial charge in [-0.2, -0.15) is 0 Å². The Morgan fingerprint density at radius 2 is 1.06 bits per heavy atom. The number of anilines is 3. The minimum absolute atomic E-state index is 0.228. The van der Waals surface area contributed by atoms with Gasteiger partial charge in [0, 0.05) is 56.2 Å². The second kappa shape index (κ2) is 12.4. The third-order valence-corrected chi connectivity index (χ3v) is 11.3. The molecule has 0 saturated heterocycles. The Hall–Kier alpha value is -6.84. The molecule has 0 N–H and O–H groups in total. The van der Waals surface area contributed by atoms with Crippen molar-refractivity contribution in [3.8, 4) is 22.3 Å². The van der Waals surface area contributed by atoms with Crippen molar-refractivity contribution in [3.05, 3.63) is 199 Å². The zero-order chi connectivity index (χ0) is 35.6. The van der Waals surface area contributed by atoms with Crippen molar-refractivity contribution in [1.82, 2.24) is 0 Å². The molecule has 10 aromatic rings. The number of furan rings is 2. The Kier molecular flexibility index (Phi) is 7.06. The van der Waals surface area contributed by atoms with Crippen LogP contribution in [0.2, 0.25) is 0 Å². The number of rotatable bonds is 5. The highest BCUT2D eigenvalue weighted by atomic mass is 16.3. The van der Waals surface area contributed by atoms with Crippen LogP contribution in [-0.4, -0.2) is 0 Å². The molecule has 256 valence electrons. The molecular formula is C51H35NO2. The van der Waals surface area contributed by atoms with Crippen LogP contribution in [-0.2, 0) is 6.42 Å². The zero-order valence-corrected chi connectivity index (χ0v) is 29.6. The molecule has 3 heteroatoms. The average Bonchev–Trinajstić information content (AvgIpc) is 3.74. The van der Waals surface area contributed by atoms with Gasteiger partial charge in [-0.15, -0.1) is 0 Å². The first-order valence-electron chi connectivity index (χ1n) is 18.8. The summed E-state index contributed by atoms with van der Waals surface area (Å²) >= 11 is 0. The largest absolute Gasteiger partial charge is 0.456 e. The highest BCUT2D eigenvalue weighted by Crippen LogP contribution is 2.50. The maximum absolute atomic E-state index is 6.56. The van der Waals surface area contributed by atoms with E-state index in [-0.39, 0.29) is 5.92 Å². The van der Waals surface area contributed by atoms with Crippen LogP contribution in [0.3, 0.4) is 0 Å². The monoisotopic (exact) mass is 693 g/mol. The fourth-order valence-corrected chi connectivity index (χ4v) is 8.90. The second-order valence-corrected chi connectivity index (χ2v) is 14.3. The normalized spacial score (nSPS) is 14.0. The van der Waals surface area contributed by atoms with Gasteiger partial charge in [0.05, 0.1) is 0 Å². The molecule has 0 aliphatic heterocycles. The van der Waals surface area contributed by atoms with Crippen LogP contribution in [0.1, 0.15) is 29.0 Å². The minimum atomic E-state index is 0.228. The van der Waals surface area contributed by atoms with Gasteiger partial charge in [-0.1, -0.05) is 121 Å². The molecule has 0 spiro atoms. The van der Waals surface area contributed by atoms with Gasteiger partial charge in [0.15, 0.2) is 0 Å². The number of nitrogens with zero attached hydrogens (tertiary/aromatic N) is 1. The van der Waals surface area contributed by atoms with Gasteiger partial charge in [-0.3, -0.25) is 0 Å². The van der Waals surface area contributed by atoms with Gasteiger partial charge in [0.2, 0.25) is 0 Å². The predicted octanol–water partition coefficient (Wildman–Crippen LogP) is 14.4. The maximum atomic E-state index is 6.56. The quantitative estimate of drug-likeness (QED) is 0.180. The Morgan fingerprint density at radius 1 is 0.444 bits per heavy atom. The predicted molar refractivity (Wildman–Crippen MR) is 223 cm³/mol. The molecule has 8 aromatic carbocycles.